The van der Waals surface area contributed by atoms with Crippen LogP contribution in [-0.4, -0.2) is 56.6 Å². The van der Waals surface area contributed by atoms with Gasteiger partial charge in [-0.15, -0.1) is 0 Å². The SMILES string of the molecule is O=C(CCn1c(C2CCCCC2)nc2ccccc21)N1CCN(Cc2noc3ccccc23)CC1. The van der Waals surface area contributed by atoms with Crippen molar-refractivity contribution in [2.24, 2.45) is 0 Å². The summed E-state index contributed by atoms with van der Waals surface area (Å²) in [5.41, 5.74) is 4.01. The van der Waals surface area contributed by atoms with Gasteiger partial charge in [0, 0.05) is 57.0 Å². The van der Waals surface area contributed by atoms with Crippen LogP contribution in [0.25, 0.3) is 22.0 Å². The number of imidazole rings is 1. The highest BCUT2D eigenvalue weighted by Gasteiger charge is 2.25. The summed E-state index contributed by atoms with van der Waals surface area (Å²) in [7, 11) is 0. The fourth-order valence-electron chi connectivity index (χ4n) is 5.79. The molecule has 0 N–H and O–H groups in total. The van der Waals surface area contributed by atoms with Gasteiger partial charge in [-0.25, -0.2) is 4.98 Å². The summed E-state index contributed by atoms with van der Waals surface area (Å²) >= 11 is 0. The molecule has 1 saturated heterocycles. The molecule has 1 aliphatic heterocycles. The van der Waals surface area contributed by atoms with Crippen molar-refractivity contribution in [3.63, 3.8) is 0 Å². The molecule has 0 atom stereocenters. The van der Waals surface area contributed by atoms with Crippen molar-refractivity contribution in [1.82, 2.24) is 24.5 Å². The number of amides is 1. The number of rotatable bonds is 6. The molecule has 7 heteroatoms. The lowest BCUT2D eigenvalue weighted by molar-refractivity contribution is -0.133. The Labute approximate surface area is 205 Å². The molecule has 182 valence electrons. The van der Waals surface area contributed by atoms with E-state index in [0.717, 1.165) is 60.4 Å². The van der Waals surface area contributed by atoms with Crippen molar-refractivity contribution < 1.29 is 9.32 Å². The van der Waals surface area contributed by atoms with Gasteiger partial charge in [-0.3, -0.25) is 9.69 Å². The largest absolute Gasteiger partial charge is 0.356 e. The summed E-state index contributed by atoms with van der Waals surface area (Å²) in [6, 6.07) is 16.4. The number of hydrogen-bond donors (Lipinski definition) is 0. The number of piperazine rings is 1. The monoisotopic (exact) mass is 471 g/mol. The van der Waals surface area contributed by atoms with Crippen LogP contribution < -0.4 is 0 Å². The third kappa shape index (κ3) is 4.57. The number of nitrogens with zero attached hydrogens (tertiary/aromatic N) is 5. The molecule has 3 heterocycles. The van der Waals surface area contributed by atoms with Gasteiger partial charge in [-0.1, -0.05) is 48.7 Å². The molecule has 0 radical (unpaired) electrons. The molecule has 1 saturated carbocycles. The molecule has 2 aromatic heterocycles. The lowest BCUT2D eigenvalue weighted by Gasteiger charge is -2.34. The van der Waals surface area contributed by atoms with Gasteiger partial charge >= 0.3 is 0 Å². The molecule has 0 bridgehead atoms. The van der Waals surface area contributed by atoms with E-state index in [-0.39, 0.29) is 5.91 Å². The first-order valence-corrected chi connectivity index (χ1v) is 13.0. The van der Waals surface area contributed by atoms with Gasteiger partial charge < -0.3 is 14.0 Å². The van der Waals surface area contributed by atoms with E-state index >= 15 is 0 Å². The standard InChI is InChI=1S/C28H33N5O2/c34-27(32-18-16-31(17-19-32)20-24-22-10-4-7-13-26(22)35-30-24)14-15-33-25-12-6-5-11-23(25)29-28(33)21-8-2-1-3-9-21/h4-7,10-13,21H,1-3,8-9,14-20H2. The van der Waals surface area contributed by atoms with E-state index in [1.54, 1.807) is 0 Å². The average molecular weight is 472 g/mol. The first-order valence-electron chi connectivity index (χ1n) is 13.0. The van der Waals surface area contributed by atoms with E-state index in [4.69, 9.17) is 9.51 Å². The quantitative estimate of drug-likeness (QED) is 0.398. The predicted molar refractivity (Wildman–Crippen MR) is 136 cm³/mol. The van der Waals surface area contributed by atoms with Crippen molar-refractivity contribution in [2.75, 3.05) is 26.2 Å². The third-order valence-electron chi connectivity index (χ3n) is 7.75. The summed E-state index contributed by atoms with van der Waals surface area (Å²) in [5.74, 6) is 1.94. The van der Waals surface area contributed by atoms with Crippen LogP contribution in [-0.2, 0) is 17.9 Å². The molecule has 0 spiro atoms. The minimum Gasteiger partial charge on any atom is -0.356 e. The Kier molecular flexibility index (Phi) is 6.25. The first kappa shape index (κ1) is 22.3. The molecule has 2 aromatic carbocycles. The molecule has 1 aliphatic carbocycles. The fraction of sp³-hybridized carbons (Fsp3) is 0.464. The molecule has 4 aromatic rings. The minimum atomic E-state index is 0.240. The normalized spacial score (nSPS) is 18.0. The van der Waals surface area contributed by atoms with E-state index < -0.39 is 0 Å². The van der Waals surface area contributed by atoms with Gasteiger partial charge in [0.25, 0.3) is 0 Å². The number of fused-ring (bicyclic) bond motifs is 2. The maximum Gasteiger partial charge on any atom is 0.224 e. The highest BCUT2D eigenvalue weighted by molar-refractivity contribution is 5.79. The number of benzene rings is 2. The summed E-state index contributed by atoms with van der Waals surface area (Å²) in [6.45, 7) is 4.69. The Morgan fingerprint density at radius 2 is 1.71 bits per heavy atom. The van der Waals surface area contributed by atoms with Crippen LogP contribution in [0.1, 0.15) is 56.0 Å². The molecule has 2 fully saturated rings. The smallest absolute Gasteiger partial charge is 0.224 e. The highest BCUT2D eigenvalue weighted by atomic mass is 16.5. The molecular weight excluding hydrogens is 438 g/mol. The van der Waals surface area contributed by atoms with E-state index in [0.29, 0.717) is 18.9 Å². The van der Waals surface area contributed by atoms with Gasteiger partial charge in [0.1, 0.15) is 11.5 Å². The molecular formula is C28H33N5O2. The maximum atomic E-state index is 13.2. The second kappa shape index (κ2) is 9.82. The van der Waals surface area contributed by atoms with Crippen LogP contribution in [0.3, 0.4) is 0 Å². The van der Waals surface area contributed by atoms with E-state index in [9.17, 15) is 4.79 Å². The summed E-state index contributed by atoms with van der Waals surface area (Å²) in [6.07, 6.45) is 6.82. The van der Waals surface area contributed by atoms with Crippen molar-refractivity contribution >= 4 is 27.9 Å². The molecule has 7 nitrogen and oxygen atoms in total. The second-order valence-corrected chi connectivity index (χ2v) is 9.98. The van der Waals surface area contributed by atoms with Gasteiger partial charge in [0.05, 0.1) is 11.0 Å². The predicted octanol–water partition coefficient (Wildman–Crippen LogP) is 4.96. The van der Waals surface area contributed by atoms with Crippen LogP contribution in [0.5, 0.6) is 0 Å². The first-order chi connectivity index (χ1) is 17.3. The van der Waals surface area contributed by atoms with Crippen molar-refractivity contribution in [1.29, 1.82) is 0 Å². The molecule has 0 unspecified atom stereocenters. The minimum absolute atomic E-state index is 0.240. The average Bonchev–Trinajstić information content (AvgIpc) is 3.50. The Hall–Kier alpha value is -3.19. The fourth-order valence-corrected chi connectivity index (χ4v) is 5.79. The van der Waals surface area contributed by atoms with Crippen molar-refractivity contribution in [3.8, 4) is 0 Å². The molecule has 2 aliphatic rings. The Morgan fingerprint density at radius 3 is 2.57 bits per heavy atom. The number of carbonyl (C=O) groups is 1. The number of carbonyl (C=O) groups excluding carboxylic acids is 1. The molecule has 6 rings (SSSR count). The highest BCUT2D eigenvalue weighted by Crippen LogP contribution is 2.34. The zero-order valence-electron chi connectivity index (χ0n) is 20.2. The van der Waals surface area contributed by atoms with Gasteiger partial charge in [0.15, 0.2) is 5.58 Å². The van der Waals surface area contributed by atoms with Gasteiger partial charge in [-0.05, 0) is 37.1 Å². The van der Waals surface area contributed by atoms with Gasteiger partial charge in [-0.2, -0.15) is 0 Å². The van der Waals surface area contributed by atoms with E-state index in [1.807, 2.05) is 23.1 Å². The van der Waals surface area contributed by atoms with Crippen LogP contribution in [0.15, 0.2) is 53.1 Å². The Bertz CT molecular complexity index is 1310. The number of para-hydroxylation sites is 3. The number of aromatic nitrogens is 3. The lowest BCUT2D eigenvalue weighted by Crippen LogP contribution is -2.48. The zero-order valence-corrected chi connectivity index (χ0v) is 20.2. The van der Waals surface area contributed by atoms with Crippen molar-refractivity contribution in [3.05, 3.63) is 60.0 Å². The Morgan fingerprint density at radius 1 is 0.943 bits per heavy atom. The van der Waals surface area contributed by atoms with E-state index in [2.05, 4.69) is 45.0 Å². The lowest BCUT2D eigenvalue weighted by atomic mass is 9.88. The Balaban J connectivity index is 1.08. The maximum absolute atomic E-state index is 13.2. The summed E-state index contributed by atoms with van der Waals surface area (Å²) in [4.78, 5) is 22.6. The van der Waals surface area contributed by atoms with Crippen molar-refractivity contribution in [2.45, 2.75) is 57.5 Å². The van der Waals surface area contributed by atoms with Crippen LogP contribution in [0.2, 0.25) is 0 Å². The molecule has 35 heavy (non-hydrogen) atoms. The second-order valence-electron chi connectivity index (χ2n) is 9.98. The summed E-state index contributed by atoms with van der Waals surface area (Å²) in [5, 5.41) is 5.34. The van der Waals surface area contributed by atoms with Crippen LogP contribution >= 0.6 is 0 Å². The van der Waals surface area contributed by atoms with Crippen LogP contribution in [0, 0.1) is 0 Å². The topological polar surface area (TPSA) is 67.4 Å². The number of aryl methyl sites for hydroxylation is 1. The molecule has 1 amide bonds. The number of hydrogen-bond acceptors (Lipinski definition) is 5. The summed E-state index contributed by atoms with van der Waals surface area (Å²) < 4.78 is 7.78. The van der Waals surface area contributed by atoms with E-state index in [1.165, 1.54) is 37.9 Å². The zero-order chi connectivity index (χ0) is 23.6. The van der Waals surface area contributed by atoms with Gasteiger partial charge in [0.2, 0.25) is 5.91 Å². The third-order valence-corrected chi connectivity index (χ3v) is 7.75. The van der Waals surface area contributed by atoms with Crippen LogP contribution in [0.4, 0.5) is 0 Å².